The molecule has 0 aromatic rings. The van der Waals surface area contributed by atoms with Gasteiger partial charge in [-0.1, -0.05) is 30.2 Å². The Morgan fingerprint density at radius 2 is 2.33 bits per heavy atom. The zero-order valence-corrected chi connectivity index (χ0v) is 9.54. The summed E-state index contributed by atoms with van der Waals surface area (Å²) >= 11 is 0. The third kappa shape index (κ3) is 3.52. The lowest BCUT2D eigenvalue weighted by Crippen LogP contribution is -2.26. The maximum Gasteiger partial charge on any atom is 0.0702 e. The van der Waals surface area contributed by atoms with E-state index in [4.69, 9.17) is 0 Å². The van der Waals surface area contributed by atoms with Gasteiger partial charge in [0.25, 0.3) is 0 Å². The van der Waals surface area contributed by atoms with Crippen molar-refractivity contribution < 1.29 is 0 Å². The molecule has 1 heterocycles. The zero-order valence-electron chi connectivity index (χ0n) is 9.54. The summed E-state index contributed by atoms with van der Waals surface area (Å²) in [7, 11) is 0. The molecule has 0 saturated carbocycles. The Morgan fingerprint density at radius 3 is 2.87 bits per heavy atom. The second-order valence-corrected chi connectivity index (χ2v) is 3.43. The predicted molar refractivity (Wildman–Crippen MR) is 66.2 cm³/mol. The van der Waals surface area contributed by atoms with E-state index in [0.29, 0.717) is 0 Å². The maximum absolute atomic E-state index is 3.33. The van der Waals surface area contributed by atoms with E-state index in [1.165, 1.54) is 11.1 Å². The van der Waals surface area contributed by atoms with Crippen LogP contribution in [-0.2, 0) is 0 Å². The fraction of sp³-hybridized carbons (Fsp3) is 0.286. The molecule has 0 spiro atoms. The topological polar surface area (TPSA) is 12.0 Å². The van der Waals surface area contributed by atoms with Crippen molar-refractivity contribution >= 4 is 0 Å². The monoisotopic (exact) mass is 199 g/mol. The van der Waals surface area contributed by atoms with Crippen LogP contribution in [0.15, 0.2) is 47.7 Å². The summed E-state index contributed by atoms with van der Waals surface area (Å²) in [6.45, 7) is 5.93. The van der Waals surface area contributed by atoms with Gasteiger partial charge in [-0.05, 0) is 38.0 Å². The highest BCUT2D eigenvalue weighted by Crippen LogP contribution is 2.11. The average molecular weight is 199 g/mol. The minimum atomic E-state index is 0.241. The minimum absolute atomic E-state index is 0.241. The van der Waals surface area contributed by atoms with Crippen molar-refractivity contribution in [3.63, 3.8) is 0 Å². The minimum Gasteiger partial charge on any atom is -0.380 e. The van der Waals surface area contributed by atoms with Crippen LogP contribution in [0.1, 0.15) is 20.8 Å². The van der Waals surface area contributed by atoms with Gasteiger partial charge < -0.3 is 5.32 Å². The molecule has 1 N–H and O–H groups in total. The molecule has 78 valence electrons. The van der Waals surface area contributed by atoms with Crippen LogP contribution in [0.2, 0.25) is 0 Å². The van der Waals surface area contributed by atoms with E-state index in [0.717, 1.165) is 0 Å². The van der Waals surface area contributed by atoms with Gasteiger partial charge in [-0.3, -0.25) is 0 Å². The predicted octanol–water partition coefficient (Wildman–Crippen LogP) is 2.94. The first-order valence-corrected chi connectivity index (χ1v) is 5.14. The van der Waals surface area contributed by atoms with E-state index in [1.54, 1.807) is 0 Å². The van der Waals surface area contributed by atoms with Crippen LogP contribution >= 0.6 is 0 Å². The third-order valence-electron chi connectivity index (χ3n) is 2.14. The zero-order chi connectivity index (χ0) is 11.1. The molecule has 1 nitrogen and oxygen atoms in total. The number of dihydropyridines is 1. The molecule has 0 aromatic heterocycles. The average Bonchev–Trinajstić information content (AvgIpc) is 2.25. The molecular formula is C14H17N. The quantitative estimate of drug-likeness (QED) is 0.532. The van der Waals surface area contributed by atoms with Crippen molar-refractivity contribution in [1.29, 1.82) is 0 Å². The number of allylic oxidation sites excluding steroid dienone is 4. The second kappa shape index (κ2) is 5.93. The van der Waals surface area contributed by atoms with Crippen LogP contribution in [0.5, 0.6) is 0 Å². The van der Waals surface area contributed by atoms with Crippen LogP contribution < -0.4 is 5.32 Å². The first-order chi connectivity index (χ1) is 7.27. The van der Waals surface area contributed by atoms with Crippen molar-refractivity contribution in [3.05, 3.63) is 47.7 Å². The van der Waals surface area contributed by atoms with Crippen LogP contribution in [0.25, 0.3) is 0 Å². The van der Waals surface area contributed by atoms with Crippen LogP contribution in [0.4, 0.5) is 0 Å². The van der Waals surface area contributed by atoms with E-state index in [2.05, 4.69) is 42.3 Å². The lowest BCUT2D eigenvalue weighted by molar-refractivity contribution is 0.792. The Morgan fingerprint density at radius 1 is 1.53 bits per heavy atom. The fourth-order valence-corrected chi connectivity index (χ4v) is 1.37. The van der Waals surface area contributed by atoms with Gasteiger partial charge in [-0.15, -0.1) is 5.92 Å². The Balaban J connectivity index is 2.82. The van der Waals surface area contributed by atoms with Crippen molar-refractivity contribution in [2.75, 3.05) is 0 Å². The number of nitrogens with one attached hydrogen (secondary N) is 1. The second-order valence-electron chi connectivity index (χ2n) is 3.43. The SMILES string of the molecule is CC#C/C=C(\C=C/C)C1C=CC(C)=CN1. The molecule has 1 unspecified atom stereocenters. The van der Waals surface area contributed by atoms with Gasteiger partial charge in [-0.2, -0.15) is 0 Å². The Kier molecular flexibility index (Phi) is 4.50. The molecule has 0 fully saturated rings. The normalized spacial score (nSPS) is 20.6. The molecule has 0 saturated heterocycles. The summed E-state index contributed by atoms with van der Waals surface area (Å²) in [4.78, 5) is 0. The lowest BCUT2D eigenvalue weighted by atomic mass is 10.0. The summed E-state index contributed by atoms with van der Waals surface area (Å²) in [5.41, 5.74) is 2.43. The van der Waals surface area contributed by atoms with Crippen LogP contribution in [0, 0.1) is 11.8 Å². The van der Waals surface area contributed by atoms with Crippen molar-refractivity contribution in [2.45, 2.75) is 26.8 Å². The summed E-state index contributed by atoms with van der Waals surface area (Å²) in [5, 5.41) is 3.33. The maximum atomic E-state index is 3.33. The van der Waals surface area contributed by atoms with Gasteiger partial charge in [0, 0.05) is 6.20 Å². The smallest absolute Gasteiger partial charge is 0.0702 e. The van der Waals surface area contributed by atoms with Gasteiger partial charge in [-0.25, -0.2) is 0 Å². The lowest BCUT2D eigenvalue weighted by Gasteiger charge is -2.18. The van der Waals surface area contributed by atoms with Crippen LogP contribution in [-0.4, -0.2) is 6.04 Å². The number of rotatable bonds is 2. The standard InChI is InChI=1S/C14H17N/c1-4-6-8-13(7-5-2)14-10-9-12(3)11-15-14/h5,7-11,14-15H,1-3H3/b7-5-,13-8+. The molecule has 0 amide bonds. The first-order valence-electron chi connectivity index (χ1n) is 5.14. The van der Waals surface area contributed by atoms with Gasteiger partial charge in [0.1, 0.15) is 0 Å². The third-order valence-corrected chi connectivity index (χ3v) is 2.14. The Hall–Kier alpha value is -1.68. The Bertz CT molecular complexity index is 383. The first kappa shape index (κ1) is 11.4. The fourth-order valence-electron chi connectivity index (χ4n) is 1.37. The molecule has 0 aliphatic carbocycles. The van der Waals surface area contributed by atoms with E-state index >= 15 is 0 Å². The van der Waals surface area contributed by atoms with Crippen molar-refractivity contribution in [2.24, 2.45) is 0 Å². The van der Waals surface area contributed by atoms with E-state index in [1.807, 2.05) is 32.2 Å². The molecule has 1 atom stereocenters. The molecule has 1 rings (SSSR count). The van der Waals surface area contributed by atoms with Crippen molar-refractivity contribution in [1.82, 2.24) is 5.32 Å². The summed E-state index contributed by atoms with van der Waals surface area (Å²) in [6.07, 6.45) is 12.4. The van der Waals surface area contributed by atoms with Crippen LogP contribution in [0.3, 0.4) is 0 Å². The number of hydrogen-bond donors (Lipinski definition) is 1. The van der Waals surface area contributed by atoms with Gasteiger partial charge in [0.15, 0.2) is 0 Å². The highest BCUT2D eigenvalue weighted by molar-refractivity contribution is 5.38. The summed E-state index contributed by atoms with van der Waals surface area (Å²) in [6, 6.07) is 0.241. The molecule has 15 heavy (non-hydrogen) atoms. The summed E-state index contributed by atoms with van der Waals surface area (Å²) in [5.74, 6) is 5.86. The van der Waals surface area contributed by atoms with Gasteiger partial charge in [0.05, 0.1) is 6.04 Å². The molecule has 1 aliphatic rings. The van der Waals surface area contributed by atoms with E-state index in [9.17, 15) is 0 Å². The largest absolute Gasteiger partial charge is 0.380 e. The van der Waals surface area contributed by atoms with E-state index in [-0.39, 0.29) is 6.04 Å². The van der Waals surface area contributed by atoms with E-state index < -0.39 is 0 Å². The highest BCUT2D eigenvalue weighted by Gasteiger charge is 2.08. The van der Waals surface area contributed by atoms with Crippen molar-refractivity contribution in [3.8, 4) is 11.8 Å². The Labute approximate surface area is 92.3 Å². The van der Waals surface area contributed by atoms with Gasteiger partial charge in [0.2, 0.25) is 0 Å². The molecule has 0 radical (unpaired) electrons. The molecule has 0 aromatic carbocycles. The summed E-state index contributed by atoms with van der Waals surface area (Å²) < 4.78 is 0. The molecule has 1 aliphatic heterocycles. The van der Waals surface area contributed by atoms with Gasteiger partial charge >= 0.3 is 0 Å². The molecular weight excluding hydrogens is 182 g/mol. The number of hydrogen-bond acceptors (Lipinski definition) is 1. The highest BCUT2D eigenvalue weighted by atomic mass is 14.9. The molecule has 0 bridgehead atoms. The molecule has 1 heteroatoms.